The highest BCUT2D eigenvalue weighted by Crippen LogP contribution is 2.40. The first-order chi connectivity index (χ1) is 12.9. The molecule has 3 N–H and O–H groups in total. The molecule has 6 nitrogen and oxygen atoms in total. The third-order valence-electron chi connectivity index (χ3n) is 6.06. The lowest BCUT2D eigenvalue weighted by atomic mass is 9.88. The summed E-state index contributed by atoms with van der Waals surface area (Å²) >= 11 is 0. The minimum atomic E-state index is -0.358. The molecule has 2 aliphatic rings. The van der Waals surface area contributed by atoms with Gasteiger partial charge in [0.15, 0.2) is 5.96 Å². The number of carbonyl (C=O) groups excluding carboxylic acids is 2. The van der Waals surface area contributed by atoms with Crippen LogP contribution in [0.2, 0.25) is 0 Å². The Morgan fingerprint density at radius 3 is 2.59 bits per heavy atom. The monoisotopic (exact) mass is 370 g/mol. The van der Waals surface area contributed by atoms with Crippen molar-refractivity contribution in [3.8, 4) is 0 Å². The molecule has 6 heteroatoms. The second kappa shape index (κ2) is 7.71. The number of nitrogens with two attached hydrogens (primary N) is 1. The predicted octanol–water partition coefficient (Wildman–Crippen LogP) is 2.61. The number of hydrogen-bond acceptors (Lipinski definition) is 4. The quantitative estimate of drug-likeness (QED) is 0.773. The van der Waals surface area contributed by atoms with Crippen molar-refractivity contribution >= 4 is 17.8 Å². The summed E-state index contributed by atoms with van der Waals surface area (Å²) in [5, 5.41) is 3.08. The van der Waals surface area contributed by atoms with Crippen LogP contribution in [0, 0.1) is 11.8 Å². The van der Waals surface area contributed by atoms with E-state index in [9.17, 15) is 9.59 Å². The summed E-state index contributed by atoms with van der Waals surface area (Å²) in [5.74, 6) is 0.476. The molecule has 0 spiro atoms. The van der Waals surface area contributed by atoms with Gasteiger partial charge in [-0.3, -0.25) is 14.5 Å². The first-order valence-electron chi connectivity index (χ1n) is 9.90. The van der Waals surface area contributed by atoms with Crippen molar-refractivity contribution in [2.45, 2.75) is 58.0 Å². The van der Waals surface area contributed by atoms with Gasteiger partial charge in [0, 0.05) is 12.5 Å². The zero-order valence-electron chi connectivity index (χ0n) is 16.4. The first kappa shape index (κ1) is 19.4. The van der Waals surface area contributed by atoms with Crippen LogP contribution < -0.4 is 11.1 Å². The summed E-state index contributed by atoms with van der Waals surface area (Å²) in [6, 6.07) is 9.88. The molecular formula is C21H30N4O2. The molecule has 3 rings (SSSR count). The van der Waals surface area contributed by atoms with Crippen LogP contribution in [0.25, 0.3) is 0 Å². The van der Waals surface area contributed by atoms with Gasteiger partial charge < -0.3 is 11.1 Å². The SMILES string of the molecule is CCC1(CC)CC(=O)N(CC2C[C@H]2C(=O)N[C@@H](C)c2ccccc2)C(N)=N1. The Kier molecular flexibility index (Phi) is 5.53. The molecule has 1 aliphatic carbocycles. The second-order valence-corrected chi connectivity index (χ2v) is 7.83. The van der Waals surface area contributed by atoms with Crippen LogP contribution in [0.15, 0.2) is 35.3 Å². The van der Waals surface area contributed by atoms with Gasteiger partial charge in [-0.1, -0.05) is 44.2 Å². The number of guanidine groups is 1. The fourth-order valence-corrected chi connectivity index (χ4v) is 3.85. The van der Waals surface area contributed by atoms with Gasteiger partial charge >= 0.3 is 0 Å². The molecule has 1 unspecified atom stereocenters. The Balaban J connectivity index is 1.56. The molecule has 1 fully saturated rings. The van der Waals surface area contributed by atoms with Crippen molar-refractivity contribution in [3.05, 3.63) is 35.9 Å². The van der Waals surface area contributed by atoms with E-state index in [-0.39, 0.29) is 35.2 Å². The van der Waals surface area contributed by atoms with E-state index in [1.807, 2.05) is 51.1 Å². The normalized spacial score (nSPS) is 24.9. The van der Waals surface area contributed by atoms with E-state index in [1.54, 1.807) is 4.90 Å². The van der Waals surface area contributed by atoms with Crippen molar-refractivity contribution in [3.63, 3.8) is 0 Å². The Morgan fingerprint density at radius 2 is 2.00 bits per heavy atom. The molecule has 0 saturated heterocycles. The topological polar surface area (TPSA) is 87.8 Å². The van der Waals surface area contributed by atoms with Crippen LogP contribution in [0.1, 0.15) is 58.1 Å². The molecule has 1 saturated carbocycles. The van der Waals surface area contributed by atoms with E-state index < -0.39 is 0 Å². The van der Waals surface area contributed by atoms with Gasteiger partial charge in [-0.05, 0) is 37.7 Å². The summed E-state index contributed by atoms with van der Waals surface area (Å²) in [5.41, 5.74) is 6.83. The molecule has 1 aliphatic heterocycles. The standard InChI is InChI=1S/C21H30N4O2/c1-4-21(5-2)12-18(26)25(20(22)24-21)13-16-11-17(16)19(27)23-14(3)15-9-7-6-8-10-15/h6-10,14,16-17H,4-5,11-13H2,1-3H3,(H2,22,24)(H,23,27)/t14-,16?,17+/m0/s1. The smallest absolute Gasteiger partial charge is 0.231 e. The van der Waals surface area contributed by atoms with E-state index in [1.165, 1.54) is 0 Å². The van der Waals surface area contributed by atoms with Gasteiger partial charge in [-0.25, -0.2) is 4.99 Å². The number of amides is 2. The maximum atomic E-state index is 12.6. The third-order valence-corrected chi connectivity index (χ3v) is 6.06. The lowest BCUT2D eigenvalue weighted by molar-refractivity contribution is -0.130. The van der Waals surface area contributed by atoms with Crippen molar-refractivity contribution in [1.29, 1.82) is 0 Å². The summed E-state index contributed by atoms with van der Waals surface area (Å²) in [6.45, 7) is 6.55. The highest BCUT2D eigenvalue weighted by Gasteiger charge is 2.46. The fourth-order valence-electron chi connectivity index (χ4n) is 3.85. The van der Waals surface area contributed by atoms with Crippen LogP contribution in [-0.4, -0.2) is 34.8 Å². The number of aliphatic imine (C=N–C) groups is 1. The number of hydrogen-bond donors (Lipinski definition) is 2. The molecule has 0 bridgehead atoms. The molecule has 0 radical (unpaired) electrons. The summed E-state index contributed by atoms with van der Waals surface area (Å²) in [6.07, 6.45) is 2.79. The molecule has 2 amide bonds. The maximum Gasteiger partial charge on any atom is 0.231 e. The van der Waals surface area contributed by atoms with Crippen LogP contribution >= 0.6 is 0 Å². The number of carbonyl (C=O) groups is 2. The van der Waals surface area contributed by atoms with Gasteiger partial charge in [0.05, 0.1) is 18.0 Å². The average Bonchev–Trinajstić information content (AvgIpc) is 3.44. The van der Waals surface area contributed by atoms with Gasteiger partial charge in [-0.2, -0.15) is 0 Å². The molecule has 1 heterocycles. The minimum Gasteiger partial charge on any atom is -0.369 e. The Bertz CT molecular complexity index is 727. The Morgan fingerprint density at radius 1 is 1.33 bits per heavy atom. The number of nitrogens with zero attached hydrogens (tertiary/aromatic N) is 2. The molecule has 1 aromatic rings. The van der Waals surface area contributed by atoms with Gasteiger partial charge in [0.1, 0.15) is 0 Å². The predicted molar refractivity (Wildman–Crippen MR) is 106 cm³/mol. The van der Waals surface area contributed by atoms with Gasteiger partial charge in [0.2, 0.25) is 11.8 Å². The van der Waals surface area contributed by atoms with Crippen molar-refractivity contribution in [2.24, 2.45) is 22.6 Å². The lowest BCUT2D eigenvalue weighted by Crippen LogP contribution is -2.52. The van der Waals surface area contributed by atoms with Crippen LogP contribution in [0.3, 0.4) is 0 Å². The molecule has 146 valence electrons. The zero-order chi connectivity index (χ0) is 19.6. The van der Waals surface area contributed by atoms with Crippen molar-refractivity contribution in [2.75, 3.05) is 6.54 Å². The number of nitrogens with one attached hydrogen (secondary N) is 1. The number of benzene rings is 1. The number of rotatable bonds is 7. The van der Waals surface area contributed by atoms with Crippen molar-refractivity contribution in [1.82, 2.24) is 10.2 Å². The second-order valence-electron chi connectivity index (χ2n) is 7.83. The summed E-state index contributed by atoms with van der Waals surface area (Å²) in [4.78, 5) is 31.3. The van der Waals surface area contributed by atoms with Crippen LogP contribution in [-0.2, 0) is 9.59 Å². The average molecular weight is 370 g/mol. The zero-order valence-corrected chi connectivity index (χ0v) is 16.4. The van der Waals surface area contributed by atoms with Gasteiger partial charge in [-0.15, -0.1) is 0 Å². The minimum absolute atomic E-state index is 0.0231. The summed E-state index contributed by atoms with van der Waals surface area (Å²) in [7, 11) is 0. The van der Waals surface area contributed by atoms with E-state index in [4.69, 9.17) is 5.73 Å². The Labute approximate surface area is 161 Å². The largest absolute Gasteiger partial charge is 0.369 e. The Hall–Kier alpha value is -2.37. The van der Waals surface area contributed by atoms with E-state index in [0.717, 1.165) is 24.8 Å². The highest BCUT2D eigenvalue weighted by molar-refractivity contribution is 5.99. The van der Waals surface area contributed by atoms with E-state index in [0.29, 0.717) is 18.9 Å². The molecule has 27 heavy (non-hydrogen) atoms. The first-order valence-corrected chi connectivity index (χ1v) is 9.90. The highest BCUT2D eigenvalue weighted by atomic mass is 16.2. The maximum absolute atomic E-state index is 12.6. The molecule has 1 aromatic carbocycles. The molecule has 0 aromatic heterocycles. The van der Waals surface area contributed by atoms with Crippen LogP contribution in [0.5, 0.6) is 0 Å². The molecular weight excluding hydrogens is 340 g/mol. The van der Waals surface area contributed by atoms with Gasteiger partial charge in [0.25, 0.3) is 0 Å². The van der Waals surface area contributed by atoms with Crippen molar-refractivity contribution < 1.29 is 9.59 Å². The fraction of sp³-hybridized carbons (Fsp3) is 0.571. The third kappa shape index (κ3) is 4.15. The molecule has 3 atom stereocenters. The van der Waals surface area contributed by atoms with E-state index in [2.05, 4.69) is 10.3 Å². The summed E-state index contributed by atoms with van der Waals surface area (Å²) < 4.78 is 0. The van der Waals surface area contributed by atoms with E-state index >= 15 is 0 Å². The van der Waals surface area contributed by atoms with Crippen LogP contribution in [0.4, 0.5) is 0 Å². The lowest BCUT2D eigenvalue weighted by Gasteiger charge is -2.36.